The molecule has 0 radical (unpaired) electrons. The molecule has 1 amide bonds. The Kier molecular flexibility index (Phi) is 7.27. The van der Waals surface area contributed by atoms with Gasteiger partial charge in [-0.3, -0.25) is 15.0 Å². The highest BCUT2D eigenvalue weighted by molar-refractivity contribution is 5.67. The Hall–Kier alpha value is -2.94. The van der Waals surface area contributed by atoms with Gasteiger partial charge in [-0.1, -0.05) is 18.6 Å². The number of carbonyl (C=O) groups is 1. The van der Waals surface area contributed by atoms with Crippen molar-refractivity contribution in [1.82, 2.24) is 15.2 Å². The summed E-state index contributed by atoms with van der Waals surface area (Å²) in [6.07, 6.45) is 5.09. The average molecular weight is 431 g/mol. The lowest BCUT2D eigenvalue weighted by Gasteiger charge is -2.35. The molecular weight excluding hydrogens is 400 g/mol. The molecule has 1 aliphatic rings. The van der Waals surface area contributed by atoms with Crippen LogP contribution in [0.2, 0.25) is 0 Å². The van der Waals surface area contributed by atoms with E-state index in [0.29, 0.717) is 30.2 Å². The number of amides is 1. The van der Waals surface area contributed by atoms with Gasteiger partial charge in [0, 0.05) is 43.2 Å². The molecule has 3 rings (SSSR count). The first-order valence-corrected chi connectivity index (χ1v) is 10.6. The van der Waals surface area contributed by atoms with Crippen molar-refractivity contribution in [2.24, 2.45) is 0 Å². The Bertz CT molecular complexity index is 905. The standard InChI is InChI=1S/C22H30N4O5/c1-22(2,3)31-21(27)24-14-18-8-4-5-11-25(18)12-10-20-23-15-19(30-20)16-7-6-9-17(13-16)26(28)29/h6-7,9,13,15,18H,4-5,8,10-12,14H2,1-3H3,(H,24,27). The minimum absolute atomic E-state index is 0.0177. The van der Waals surface area contributed by atoms with E-state index in [1.807, 2.05) is 20.8 Å². The average Bonchev–Trinajstić information content (AvgIpc) is 3.19. The minimum Gasteiger partial charge on any atom is -0.444 e. The lowest BCUT2D eigenvalue weighted by atomic mass is 10.0. The van der Waals surface area contributed by atoms with Crippen molar-refractivity contribution in [3.8, 4) is 11.3 Å². The largest absolute Gasteiger partial charge is 0.444 e. The third-order valence-electron chi connectivity index (χ3n) is 5.14. The lowest BCUT2D eigenvalue weighted by Crippen LogP contribution is -2.48. The summed E-state index contributed by atoms with van der Waals surface area (Å²) in [4.78, 5) is 29.2. The molecule has 9 heteroatoms. The monoisotopic (exact) mass is 430 g/mol. The second-order valence-electron chi connectivity index (χ2n) is 8.74. The Labute approximate surface area is 181 Å². The molecule has 1 aliphatic heterocycles. The van der Waals surface area contributed by atoms with Crippen molar-refractivity contribution in [2.75, 3.05) is 19.6 Å². The van der Waals surface area contributed by atoms with Crippen LogP contribution in [0.4, 0.5) is 10.5 Å². The molecule has 1 aromatic carbocycles. The molecule has 1 N–H and O–H groups in total. The molecule has 0 spiro atoms. The van der Waals surface area contributed by atoms with Crippen molar-refractivity contribution in [3.05, 3.63) is 46.5 Å². The molecule has 0 saturated carbocycles. The number of hydrogen-bond acceptors (Lipinski definition) is 7. The maximum atomic E-state index is 12.0. The molecule has 0 aliphatic carbocycles. The number of hydrogen-bond donors (Lipinski definition) is 1. The van der Waals surface area contributed by atoms with Gasteiger partial charge >= 0.3 is 6.09 Å². The van der Waals surface area contributed by atoms with Crippen LogP contribution in [0, 0.1) is 10.1 Å². The van der Waals surface area contributed by atoms with Crippen molar-refractivity contribution >= 4 is 11.8 Å². The van der Waals surface area contributed by atoms with Gasteiger partial charge in [-0.25, -0.2) is 9.78 Å². The molecule has 1 saturated heterocycles. The molecule has 1 aromatic heterocycles. The number of nitrogens with one attached hydrogen (secondary N) is 1. The molecule has 1 atom stereocenters. The zero-order valence-corrected chi connectivity index (χ0v) is 18.3. The van der Waals surface area contributed by atoms with Crippen LogP contribution in [0.1, 0.15) is 45.9 Å². The molecule has 31 heavy (non-hydrogen) atoms. The smallest absolute Gasteiger partial charge is 0.407 e. The number of oxazole rings is 1. The number of aromatic nitrogens is 1. The summed E-state index contributed by atoms with van der Waals surface area (Å²) in [5.74, 6) is 1.10. The summed E-state index contributed by atoms with van der Waals surface area (Å²) in [5, 5.41) is 13.9. The molecule has 2 heterocycles. The molecule has 2 aromatic rings. The minimum atomic E-state index is -0.516. The van der Waals surface area contributed by atoms with E-state index in [1.165, 1.54) is 12.1 Å². The number of benzene rings is 1. The highest BCUT2D eigenvalue weighted by Gasteiger charge is 2.24. The van der Waals surface area contributed by atoms with Crippen LogP contribution in [-0.4, -0.2) is 52.2 Å². The van der Waals surface area contributed by atoms with E-state index in [0.717, 1.165) is 32.4 Å². The summed E-state index contributed by atoms with van der Waals surface area (Å²) in [7, 11) is 0. The molecular formula is C22H30N4O5. The Balaban J connectivity index is 1.55. The van der Waals surface area contributed by atoms with Gasteiger partial charge in [-0.05, 0) is 40.2 Å². The van der Waals surface area contributed by atoms with Crippen LogP contribution < -0.4 is 5.32 Å². The fourth-order valence-electron chi connectivity index (χ4n) is 3.67. The van der Waals surface area contributed by atoms with E-state index in [2.05, 4.69) is 15.2 Å². The second-order valence-corrected chi connectivity index (χ2v) is 8.74. The maximum Gasteiger partial charge on any atom is 0.407 e. The van der Waals surface area contributed by atoms with Crippen LogP contribution in [0.3, 0.4) is 0 Å². The highest BCUT2D eigenvalue weighted by Crippen LogP contribution is 2.25. The number of non-ortho nitro benzene ring substituents is 1. The maximum absolute atomic E-state index is 12.0. The quantitative estimate of drug-likeness (QED) is 0.518. The highest BCUT2D eigenvalue weighted by atomic mass is 16.6. The Morgan fingerprint density at radius 2 is 2.19 bits per heavy atom. The topological polar surface area (TPSA) is 111 Å². The number of piperidine rings is 1. The number of nitrogens with zero attached hydrogens (tertiary/aromatic N) is 3. The molecule has 0 bridgehead atoms. The Morgan fingerprint density at radius 3 is 2.94 bits per heavy atom. The molecule has 1 fully saturated rings. The zero-order valence-electron chi connectivity index (χ0n) is 18.3. The zero-order chi connectivity index (χ0) is 22.4. The van der Waals surface area contributed by atoms with Crippen molar-refractivity contribution in [3.63, 3.8) is 0 Å². The Morgan fingerprint density at radius 1 is 1.39 bits per heavy atom. The van der Waals surface area contributed by atoms with Gasteiger partial charge in [-0.2, -0.15) is 0 Å². The number of nitro groups is 1. The van der Waals surface area contributed by atoms with Crippen LogP contribution in [0.25, 0.3) is 11.3 Å². The van der Waals surface area contributed by atoms with Gasteiger partial charge in [0.15, 0.2) is 11.7 Å². The van der Waals surface area contributed by atoms with Gasteiger partial charge in [0.25, 0.3) is 5.69 Å². The van der Waals surface area contributed by atoms with E-state index in [4.69, 9.17) is 9.15 Å². The molecule has 9 nitrogen and oxygen atoms in total. The fraction of sp³-hybridized carbons (Fsp3) is 0.545. The fourth-order valence-corrected chi connectivity index (χ4v) is 3.67. The van der Waals surface area contributed by atoms with Crippen LogP contribution in [-0.2, 0) is 11.2 Å². The normalized spacial score (nSPS) is 17.3. The summed E-state index contributed by atoms with van der Waals surface area (Å²) in [5.41, 5.74) is 0.132. The summed E-state index contributed by atoms with van der Waals surface area (Å²) in [6.45, 7) is 7.79. The van der Waals surface area contributed by atoms with Crippen LogP contribution in [0.5, 0.6) is 0 Å². The third-order valence-corrected chi connectivity index (χ3v) is 5.14. The predicted octanol–water partition coefficient (Wildman–Crippen LogP) is 4.17. The molecule has 168 valence electrons. The van der Waals surface area contributed by atoms with Crippen molar-refractivity contribution in [2.45, 2.75) is 58.1 Å². The van der Waals surface area contributed by atoms with E-state index >= 15 is 0 Å². The first-order chi connectivity index (χ1) is 14.7. The molecule has 1 unspecified atom stereocenters. The third kappa shape index (κ3) is 6.78. The number of ether oxygens (including phenoxy) is 1. The van der Waals surface area contributed by atoms with E-state index in [-0.39, 0.29) is 11.7 Å². The first kappa shape index (κ1) is 22.7. The second kappa shape index (κ2) is 9.91. The number of carbonyl (C=O) groups excluding carboxylic acids is 1. The van der Waals surface area contributed by atoms with E-state index in [1.54, 1.807) is 18.3 Å². The van der Waals surface area contributed by atoms with Gasteiger partial charge in [-0.15, -0.1) is 0 Å². The van der Waals surface area contributed by atoms with E-state index < -0.39 is 16.6 Å². The summed E-state index contributed by atoms with van der Waals surface area (Å²) >= 11 is 0. The lowest BCUT2D eigenvalue weighted by molar-refractivity contribution is -0.384. The van der Waals surface area contributed by atoms with Gasteiger partial charge in [0.2, 0.25) is 0 Å². The first-order valence-electron chi connectivity index (χ1n) is 10.6. The number of alkyl carbamates (subject to hydrolysis) is 1. The summed E-state index contributed by atoms with van der Waals surface area (Å²) in [6, 6.07) is 6.56. The van der Waals surface area contributed by atoms with Gasteiger partial charge in [0.05, 0.1) is 11.1 Å². The predicted molar refractivity (Wildman–Crippen MR) is 116 cm³/mol. The summed E-state index contributed by atoms with van der Waals surface area (Å²) < 4.78 is 11.2. The number of likely N-dealkylation sites (tertiary alicyclic amines) is 1. The SMILES string of the molecule is CC(C)(C)OC(=O)NCC1CCCCN1CCc1ncc(-c2cccc([N+](=O)[O-])c2)o1. The van der Waals surface area contributed by atoms with E-state index in [9.17, 15) is 14.9 Å². The van der Waals surface area contributed by atoms with Crippen LogP contribution in [0.15, 0.2) is 34.9 Å². The number of nitro benzene ring substituents is 1. The number of rotatable bonds is 7. The van der Waals surface area contributed by atoms with Crippen molar-refractivity contribution in [1.29, 1.82) is 0 Å². The van der Waals surface area contributed by atoms with Gasteiger partial charge < -0.3 is 14.5 Å². The van der Waals surface area contributed by atoms with Gasteiger partial charge in [0.1, 0.15) is 5.60 Å². The van der Waals surface area contributed by atoms with Crippen molar-refractivity contribution < 1.29 is 18.9 Å². The van der Waals surface area contributed by atoms with Crippen LogP contribution >= 0.6 is 0 Å².